The predicted molar refractivity (Wildman–Crippen MR) is 67.0 cm³/mol. The lowest BCUT2D eigenvalue weighted by atomic mass is 10.2. The lowest BCUT2D eigenvalue weighted by molar-refractivity contribution is -0.130. The predicted octanol–water partition coefficient (Wildman–Crippen LogP) is 1.91. The smallest absolute Gasteiger partial charge is 0.236 e. The number of hydrogen-bond donors (Lipinski definition) is 1. The number of rotatable bonds is 2. The first-order valence-corrected chi connectivity index (χ1v) is 6.39. The first kappa shape index (κ1) is 12.5. The quantitative estimate of drug-likeness (QED) is 0.905. The fourth-order valence-corrected chi connectivity index (χ4v) is 2.26. The van der Waals surface area contributed by atoms with Crippen LogP contribution < -0.4 is 5.32 Å². The maximum atomic E-state index is 13.3. The van der Waals surface area contributed by atoms with Crippen LogP contribution in [0.15, 0.2) is 22.7 Å². The minimum Gasteiger partial charge on any atom is -0.337 e. The summed E-state index contributed by atoms with van der Waals surface area (Å²) in [5.74, 6) is -0.221. The maximum Gasteiger partial charge on any atom is 0.236 e. The third kappa shape index (κ3) is 3.04. The Bertz CT molecular complexity index is 425. The minimum atomic E-state index is -0.289. The Hall–Kier alpha value is -0.940. The second kappa shape index (κ2) is 5.60. The summed E-state index contributed by atoms with van der Waals surface area (Å²) in [5, 5.41) is 3.06. The molecule has 0 radical (unpaired) electrons. The minimum absolute atomic E-state index is 0.0682. The van der Waals surface area contributed by atoms with Crippen molar-refractivity contribution in [2.24, 2.45) is 0 Å². The lowest BCUT2D eigenvalue weighted by Crippen LogP contribution is -2.34. The van der Waals surface area contributed by atoms with Crippen molar-refractivity contribution in [3.05, 3.63) is 34.1 Å². The standard InChI is InChI=1S/C12H14BrFN2O/c13-12-9(3-1-4-10(12)14)8-16-6-2-5-15-7-11(16)17/h1,3-4,15H,2,5-8H2. The molecule has 1 aromatic carbocycles. The zero-order valence-electron chi connectivity index (χ0n) is 9.38. The van der Waals surface area contributed by atoms with Gasteiger partial charge < -0.3 is 10.2 Å². The fourth-order valence-electron chi connectivity index (χ4n) is 1.87. The van der Waals surface area contributed by atoms with Gasteiger partial charge in [0.05, 0.1) is 11.0 Å². The molecule has 5 heteroatoms. The molecule has 1 aliphatic rings. The molecule has 3 nitrogen and oxygen atoms in total. The van der Waals surface area contributed by atoms with Crippen molar-refractivity contribution >= 4 is 21.8 Å². The molecule has 0 saturated carbocycles. The van der Waals surface area contributed by atoms with Gasteiger partial charge in [0.25, 0.3) is 0 Å². The monoisotopic (exact) mass is 300 g/mol. The Morgan fingerprint density at radius 2 is 2.29 bits per heavy atom. The molecule has 0 aromatic heterocycles. The molecule has 1 aromatic rings. The first-order valence-electron chi connectivity index (χ1n) is 5.60. The van der Waals surface area contributed by atoms with Crippen molar-refractivity contribution in [3.63, 3.8) is 0 Å². The number of halogens is 2. The van der Waals surface area contributed by atoms with Crippen LogP contribution in [0.5, 0.6) is 0 Å². The van der Waals surface area contributed by atoms with Gasteiger partial charge in [-0.25, -0.2) is 4.39 Å². The lowest BCUT2D eigenvalue weighted by Gasteiger charge is -2.20. The van der Waals surface area contributed by atoms with Crippen LogP contribution in [0.3, 0.4) is 0 Å². The van der Waals surface area contributed by atoms with E-state index < -0.39 is 0 Å². The molecule has 0 aliphatic carbocycles. The van der Waals surface area contributed by atoms with Gasteiger partial charge >= 0.3 is 0 Å². The van der Waals surface area contributed by atoms with Crippen molar-refractivity contribution in [2.75, 3.05) is 19.6 Å². The second-order valence-corrected chi connectivity index (χ2v) is 4.85. The summed E-state index contributed by atoms with van der Waals surface area (Å²) in [6.45, 7) is 2.40. The normalized spacial score (nSPS) is 17.1. The van der Waals surface area contributed by atoms with Gasteiger partial charge in [-0.15, -0.1) is 0 Å². The molecule has 0 atom stereocenters. The van der Waals surface area contributed by atoms with E-state index in [0.29, 0.717) is 17.6 Å². The van der Waals surface area contributed by atoms with Gasteiger partial charge in [0, 0.05) is 13.1 Å². The Kier molecular flexibility index (Phi) is 4.12. The van der Waals surface area contributed by atoms with E-state index in [1.165, 1.54) is 6.07 Å². The molecule has 0 unspecified atom stereocenters. The summed E-state index contributed by atoms with van der Waals surface area (Å²) in [4.78, 5) is 13.5. The van der Waals surface area contributed by atoms with Crippen molar-refractivity contribution < 1.29 is 9.18 Å². The molecule has 0 bridgehead atoms. The van der Waals surface area contributed by atoms with Gasteiger partial charge in [-0.3, -0.25) is 4.79 Å². The number of nitrogens with zero attached hydrogens (tertiary/aromatic N) is 1. The highest BCUT2D eigenvalue weighted by molar-refractivity contribution is 9.10. The number of hydrogen-bond acceptors (Lipinski definition) is 2. The van der Waals surface area contributed by atoms with E-state index in [9.17, 15) is 9.18 Å². The summed E-state index contributed by atoms with van der Waals surface area (Å²) in [7, 11) is 0. The topological polar surface area (TPSA) is 32.3 Å². The van der Waals surface area contributed by atoms with Gasteiger partial charge in [0.1, 0.15) is 5.82 Å². The number of benzene rings is 1. The average Bonchev–Trinajstić information content (AvgIpc) is 2.51. The SMILES string of the molecule is O=C1CNCCCN1Cc1cccc(F)c1Br. The van der Waals surface area contributed by atoms with Gasteiger partial charge in [-0.05, 0) is 40.5 Å². The number of carbonyl (C=O) groups is 1. The van der Waals surface area contributed by atoms with E-state index >= 15 is 0 Å². The van der Waals surface area contributed by atoms with Crippen LogP contribution in [0.2, 0.25) is 0 Å². The van der Waals surface area contributed by atoms with Crippen molar-refractivity contribution in [2.45, 2.75) is 13.0 Å². The van der Waals surface area contributed by atoms with E-state index in [0.717, 1.165) is 25.1 Å². The fraction of sp³-hybridized carbons (Fsp3) is 0.417. The zero-order valence-corrected chi connectivity index (χ0v) is 11.0. The van der Waals surface area contributed by atoms with Crippen LogP contribution >= 0.6 is 15.9 Å². The summed E-state index contributed by atoms with van der Waals surface area (Å²) in [6, 6.07) is 4.90. The highest BCUT2D eigenvalue weighted by Crippen LogP contribution is 2.22. The van der Waals surface area contributed by atoms with E-state index in [1.807, 2.05) is 6.07 Å². The van der Waals surface area contributed by atoms with Crippen molar-refractivity contribution in [3.8, 4) is 0 Å². The molecule has 1 aliphatic heterocycles. The van der Waals surface area contributed by atoms with Crippen molar-refractivity contribution in [1.29, 1.82) is 0 Å². The Balaban J connectivity index is 2.13. The van der Waals surface area contributed by atoms with Gasteiger partial charge in [-0.1, -0.05) is 12.1 Å². The van der Waals surface area contributed by atoms with Crippen LogP contribution in [-0.2, 0) is 11.3 Å². The molecule has 17 heavy (non-hydrogen) atoms. The van der Waals surface area contributed by atoms with E-state index in [-0.39, 0.29) is 11.7 Å². The second-order valence-electron chi connectivity index (χ2n) is 4.06. The van der Waals surface area contributed by atoms with Gasteiger partial charge in [0.15, 0.2) is 0 Å². The summed E-state index contributed by atoms with van der Waals surface area (Å²) in [5.41, 5.74) is 0.806. The van der Waals surface area contributed by atoms with Crippen LogP contribution in [0.4, 0.5) is 4.39 Å². The summed E-state index contributed by atoms with van der Waals surface area (Å²) in [6.07, 6.45) is 0.929. The Morgan fingerprint density at radius 1 is 1.47 bits per heavy atom. The molecular weight excluding hydrogens is 287 g/mol. The van der Waals surface area contributed by atoms with Crippen LogP contribution in [-0.4, -0.2) is 30.4 Å². The number of carbonyl (C=O) groups excluding carboxylic acids is 1. The van der Waals surface area contributed by atoms with Crippen LogP contribution in [0.1, 0.15) is 12.0 Å². The first-order chi connectivity index (χ1) is 8.18. The average molecular weight is 301 g/mol. The molecule has 1 heterocycles. The molecule has 0 spiro atoms. The highest BCUT2D eigenvalue weighted by atomic mass is 79.9. The van der Waals surface area contributed by atoms with E-state index in [2.05, 4.69) is 21.2 Å². The number of nitrogens with one attached hydrogen (secondary N) is 1. The summed E-state index contributed by atoms with van der Waals surface area (Å²) >= 11 is 3.22. The zero-order chi connectivity index (χ0) is 12.3. The van der Waals surface area contributed by atoms with Gasteiger partial charge in [0.2, 0.25) is 5.91 Å². The van der Waals surface area contributed by atoms with E-state index in [4.69, 9.17) is 0 Å². The van der Waals surface area contributed by atoms with Crippen molar-refractivity contribution in [1.82, 2.24) is 10.2 Å². The molecule has 92 valence electrons. The van der Waals surface area contributed by atoms with Gasteiger partial charge in [-0.2, -0.15) is 0 Å². The number of amides is 1. The third-order valence-corrected chi connectivity index (χ3v) is 3.69. The van der Waals surface area contributed by atoms with E-state index in [1.54, 1.807) is 11.0 Å². The molecule has 2 rings (SSSR count). The molecular formula is C12H14BrFN2O. The van der Waals surface area contributed by atoms with Crippen LogP contribution in [0, 0.1) is 5.82 Å². The largest absolute Gasteiger partial charge is 0.337 e. The summed E-state index contributed by atoms with van der Waals surface area (Å²) < 4.78 is 13.8. The molecule has 1 N–H and O–H groups in total. The highest BCUT2D eigenvalue weighted by Gasteiger charge is 2.17. The Morgan fingerprint density at radius 3 is 3.12 bits per heavy atom. The molecule has 1 fully saturated rings. The Labute approximate surface area is 108 Å². The third-order valence-electron chi connectivity index (χ3n) is 2.80. The van der Waals surface area contributed by atoms with Crippen LogP contribution in [0.25, 0.3) is 0 Å². The molecule has 1 saturated heterocycles. The maximum absolute atomic E-state index is 13.3. The molecule has 1 amide bonds.